The number of aromatic amines is 1. The second-order valence-electron chi connectivity index (χ2n) is 7.22. The summed E-state index contributed by atoms with van der Waals surface area (Å²) in [4.78, 5) is 32.5. The number of hydrogen-bond donors (Lipinski definition) is 1. The van der Waals surface area contributed by atoms with E-state index in [0.717, 1.165) is 48.1 Å². The van der Waals surface area contributed by atoms with Gasteiger partial charge in [-0.3, -0.25) is 14.5 Å². The third kappa shape index (κ3) is 3.94. The second-order valence-corrected chi connectivity index (χ2v) is 7.66. The van der Waals surface area contributed by atoms with E-state index in [4.69, 9.17) is 11.6 Å². The number of piperazine rings is 1. The fourth-order valence-electron chi connectivity index (χ4n) is 3.94. The number of carbonyl (C=O) groups excluding carboxylic acids is 2. The van der Waals surface area contributed by atoms with Crippen LogP contribution in [0.15, 0.2) is 24.3 Å². The van der Waals surface area contributed by atoms with Crippen molar-refractivity contribution < 1.29 is 9.59 Å². The number of hydrogen-bond acceptors (Lipinski definition) is 4. The minimum Gasteiger partial charge on any atom is -0.369 e. The van der Waals surface area contributed by atoms with E-state index in [0.29, 0.717) is 11.3 Å². The van der Waals surface area contributed by atoms with Crippen LogP contribution in [0.25, 0.3) is 0 Å². The van der Waals surface area contributed by atoms with Crippen molar-refractivity contribution in [2.24, 2.45) is 0 Å². The summed E-state index contributed by atoms with van der Waals surface area (Å²) in [6.07, 6.45) is 0. The Balaban J connectivity index is 1.69. The molecule has 27 heavy (non-hydrogen) atoms. The molecule has 144 valence electrons. The van der Waals surface area contributed by atoms with Crippen LogP contribution in [0.3, 0.4) is 0 Å². The van der Waals surface area contributed by atoms with Gasteiger partial charge in [-0.15, -0.1) is 0 Å². The van der Waals surface area contributed by atoms with Crippen LogP contribution in [0.4, 0.5) is 5.69 Å². The van der Waals surface area contributed by atoms with E-state index in [1.807, 2.05) is 39.0 Å². The van der Waals surface area contributed by atoms with E-state index in [1.165, 1.54) is 6.92 Å². The maximum absolute atomic E-state index is 13.0. The zero-order valence-corrected chi connectivity index (χ0v) is 17.1. The molecule has 0 saturated carbocycles. The molecule has 1 saturated heterocycles. The molecule has 5 nitrogen and oxygen atoms in total. The lowest BCUT2D eigenvalue weighted by Gasteiger charge is -2.38. The highest BCUT2D eigenvalue weighted by Crippen LogP contribution is 2.24. The molecule has 0 bridgehead atoms. The molecule has 3 rings (SSSR count). The Morgan fingerprint density at radius 2 is 1.81 bits per heavy atom. The number of H-pyrrole nitrogens is 1. The fourth-order valence-corrected chi connectivity index (χ4v) is 4.12. The number of nitrogens with zero attached hydrogens (tertiary/aromatic N) is 2. The lowest BCUT2D eigenvalue weighted by Crippen LogP contribution is -2.51. The van der Waals surface area contributed by atoms with Crippen molar-refractivity contribution in [3.8, 4) is 0 Å². The van der Waals surface area contributed by atoms with Gasteiger partial charge in [0.05, 0.1) is 11.7 Å². The van der Waals surface area contributed by atoms with Gasteiger partial charge in [-0.1, -0.05) is 17.7 Å². The average molecular weight is 388 g/mol. The number of ketones is 2. The summed E-state index contributed by atoms with van der Waals surface area (Å²) in [7, 11) is 0. The minimum atomic E-state index is -0.233. The van der Waals surface area contributed by atoms with E-state index in [1.54, 1.807) is 0 Å². The van der Waals surface area contributed by atoms with Gasteiger partial charge in [-0.25, -0.2) is 0 Å². The van der Waals surface area contributed by atoms with Gasteiger partial charge in [0.2, 0.25) is 0 Å². The highest BCUT2D eigenvalue weighted by molar-refractivity contribution is 6.30. The molecular weight excluding hydrogens is 362 g/mol. The topological polar surface area (TPSA) is 56.4 Å². The summed E-state index contributed by atoms with van der Waals surface area (Å²) in [6.45, 7) is 10.5. The first-order valence-electron chi connectivity index (χ1n) is 9.28. The number of benzene rings is 1. The molecule has 1 aromatic heterocycles. The highest BCUT2D eigenvalue weighted by Gasteiger charge is 2.29. The van der Waals surface area contributed by atoms with E-state index < -0.39 is 0 Å². The molecule has 1 aliphatic rings. The molecule has 0 amide bonds. The SMILES string of the molecule is CC(=O)c1c(C)[nH]c(C(=O)[C@H](C)N2CCN(c3cccc(Cl)c3)CC2)c1C. The predicted octanol–water partition coefficient (Wildman–Crippen LogP) is 3.88. The summed E-state index contributed by atoms with van der Waals surface area (Å²) in [6, 6.07) is 7.63. The van der Waals surface area contributed by atoms with Gasteiger partial charge in [-0.2, -0.15) is 0 Å². The van der Waals surface area contributed by atoms with E-state index in [2.05, 4.69) is 20.9 Å². The number of nitrogens with one attached hydrogen (secondary N) is 1. The Morgan fingerprint density at radius 3 is 2.37 bits per heavy atom. The van der Waals surface area contributed by atoms with Crippen LogP contribution in [-0.4, -0.2) is 53.7 Å². The smallest absolute Gasteiger partial charge is 0.196 e. The lowest BCUT2D eigenvalue weighted by molar-refractivity contribution is 0.0824. The largest absolute Gasteiger partial charge is 0.369 e. The monoisotopic (exact) mass is 387 g/mol. The molecule has 2 aromatic rings. The molecule has 0 radical (unpaired) electrons. The van der Waals surface area contributed by atoms with Crippen molar-refractivity contribution >= 4 is 28.9 Å². The number of Topliss-reactive ketones (excluding diaryl/α,β-unsaturated/α-hetero) is 2. The minimum absolute atomic E-state index is 0.0110. The Kier molecular flexibility index (Phi) is 5.72. The van der Waals surface area contributed by atoms with E-state index in [-0.39, 0.29) is 17.6 Å². The van der Waals surface area contributed by atoms with E-state index >= 15 is 0 Å². The summed E-state index contributed by atoms with van der Waals surface area (Å²) in [5.41, 5.74) is 3.83. The van der Waals surface area contributed by atoms with Crippen LogP contribution in [0.5, 0.6) is 0 Å². The van der Waals surface area contributed by atoms with Crippen LogP contribution in [0.2, 0.25) is 5.02 Å². The Morgan fingerprint density at radius 1 is 1.15 bits per heavy atom. The zero-order valence-electron chi connectivity index (χ0n) is 16.3. The average Bonchev–Trinajstić information content (AvgIpc) is 2.95. The molecule has 6 heteroatoms. The van der Waals surface area contributed by atoms with Crippen molar-refractivity contribution in [2.45, 2.75) is 33.7 Å². The van der Waals surface area contributed by atoms with Gasteiger partial charge in [-0.05, 0) is 51.5 Å². The summed E-state index contributed by atoms with van der Waals surface area (Å²) in [5, 5.41) is 0.734. The number of rotatable bonds is 5. The van der Waals surface area contributed by atoms with Gasteiger partial charge >= 0.3 is 0 Å². The van der Waals surface area contributed by atoms with Gasteiger partial charge in [0.1, 0.15) is 0 Å². The summed E-state index contributed by atoms with van der Waals surface area (Å²) in [5.74, 6) is 0.0300. The Bertz CT molecular complexity index is 866. The van der Waals surface area contributed by atoms with Crippen LogP contribution in [-0.2, 0) is 0 Å². The van der Waals surface area contributed by atoms with Crippen molar-refractivity contribution in [1.82, 2.24) is 9.88 Å². The summed E-state index contributed by atoms with van der Waals surface area (Å²) >= 11 is 6.10. The standard InChI is InChI=1S/C21H26ClN3O2/c1-13-19(16(4)26)14(2)23-20(13)21(27)15(3)24-8-10-25(11-9-24)18-7-5-6-17(22)12-18/h5-7,12,15,23H,8-11H2,1-4H3/t15-/m0/s1. The molecule has 1 aromatic carbocycles. The molecule has 1 N–H and O–H groups in total. The third-order valence-electron chi connectivity index (χ3n) is 5.45. The molecule has 1 atom stereocenters. The maximum atomic E-state index is 13.0. The maximum Gasteiger partial charge on any atom is 0.196 e. The Hall–Kier alpha value is -2.11. The first-order valence-corrected chi connectivity index (χ1v) is 9.66. The summed E-state index contributed by atoms with van der Waals surface area (Å²) < 4.78 is 0. The predicted molar refractivity (Wildman–Crippen MR) is 109 cm³/mol. The van der Waals surface area contributed by atoms with Gasteiger partial charge in [0.25, 0.3) is 0 Å². The molecule has 2 heterocycles. The van der Waals surface area contributed by atoms with Crippen molar-refractivity contribution in [3.63, 3.8) is 0 Å². The van der Waals surface area contributed by atoms with Crippen molar-refractivity contribution in [3.05, 3.63) is 51.8 Å². The molecule has 0 unspecified atom stereocenters. The lowest BCUT2D eigenvalue weighted by atomic mass is 10.0. The van der Waals surface area contributed by atoms with Gasteiger partial charge in [0, 0.05) is 48.1 Å². The zero-order chi connectivity index (χ0) is 19.7. The number of anilines is 1. The Labute approximate surface area is 165 Å². The molecule has 1 fully saturated rings. The van der Waals surface area contributed by atoms with Crippen LogP contribution >= 0.6 is 11.6 Å². The van der Waals surface area contributed by atoms with Crippen LogP contribution in [0.1, 0.15) is 46.0 Å². The van der Waals surface area contributed by atoms with Crippen LogP contribution in [0, 0.1) is 13.8 Å². The number of aromatic nitrogens is 1. The van der Waals surface area contributed by atoms with Crippen molar-refractivity contribution in [2.75, 3.05) is 31.1 Å². The van der Waals surface area contributed by atoms with Gasteiger partial charge < -0.3 is 9.88 Å². The number of carbonyl (C=O) groups is 2. The molecule has 0 aliphatic carbocycles. The number of halogens is 1. The fraction of sp³-hybridized carbons (Fsp3) is 0.429. The van der Waals surface area contributed by atoms with Gasteiger partial charge in [0.15, 0.2) is 11.6 Å². The highest BCUT2D eigenvalue weighted by atomic mass is 35.5. The molecule has 0 spiro atoms. The first kappa shape index (κ1) is 19.6. The third-order valence-corrected chi connectivity index (χ3v) is 5.69. The molecule has 1 aliphatic heterocycles. The van der Waals surface area contributed by atoms with Crippen molar-refractivity contribution in [1.29, 1.82) is 0 Å². The second kappa shape index (κ2) is 7.87. The number of aryl methyl sites for hydroxylation is 1. The first-order chi connectivity index (χ1) is 12.8. The van der Waals surface area contributed by atoms with Crippen LogP contribution < -0.4 is 4.90 Å². The normalized spacial score (nSPS) is 16.4. The molecular formula is C21H26ClN3O2. The van der Waals surface area contributed by atoms with E-state index in [9.17, 15) is 9.59 Å². The quantitative estimate of drug-likeness (QED) is 0.791.